The lowest BCUT2D eigenvalue weighted by molar-refractivity contribution is 0.0773. The van der Waals surface area contributed by atoms with Gasteiger partial charge in [-0.05, 0) is 31.0 Å². The van der Waals surface area contributed by atoms with E-state index in [1.807, 2.05) is 18.5 Å². The van der Waals surface area contributed by atoms with E-state index in [1.165, 1.54) is 6.42 Å². The van der Waals surface area contributed by atoms with E-state index in [1.54, 1.807) is 0 Å². The molecule has 1 N–H and O–H groups in total. The van der Waals surface area contributed by atoms with Crippen molar-refractivity contribution in [3.05, 3.63) is 29.0 Å². The van der Waals surface area contributed by atoms with Crippen LogP contribution in [0.25, 0.3) is 11.0 Å². The van der Waals surface area contributed by atoms with Crippen LogP contribution in [0.1, 0.15) is 31.7 Å². The first kappa shape index (κ1) is 11.2. The first-order chi connectivity index (χ1) is 8.25. The molecule has 0 radical (unpaired) electrons. The zero-order valence-corrected chi connectivity index (χ0v) is 11.1. The molecule has 17 heavy (non-hydrogen) atoms. The van der Waals surface area contributed by atoms with Crippen LogP contribution in [0.5, 0.6) is 0 Å². The fourth-order valence-corrected chi connectivity index (χ4v) is 3.03. The van der Waals surface area contributed by atoms with E-state index in [9.17, 15) is 5.11 Å². The molecule has 0 amide bonds. The summed E-state index contributed by atoms with van der Waals surface area (Å²) in [4.78, 5) is 4.40. The molecule has 1 aliphatic rings. The number of hydrogen-bond donors (Lipinski definition) is 1. The Morgan fingerprint density at radius 3 is 2.94 bits per heavy atom. The summed E-state index contributed by atoms with van der Waals surface area (Å²) < 4.78 is 3.18. The standard InChI is InChI=1S/C13H15BrN2O/c14-9-5-6-10-12(7-9)16(8-15-10)11-3-1-2-4-13(11)17/h5-8,11,13,17H,1-4H2/t11-,13-/m1/s1. The van der Waals surface area contributed by atoms with Crippen LogP contribution < -0.4 is 0 Å². The number of nitrogens with zero attached hydrogens (tertiary/aromatic N) is 2. The number of rotatable bonds is 1. The number of aliphatic hydroxyl groups excluding tert-OH is 1. The molecule has 2 atom stereocenters. The molecule has 0 saturated heterocycles. The first-order valence-corrected chi connectivity index (χ1v) is 6.85. The summed E-state index contributed by atoms with van der Waals surface area (Å²) in [7, 11) is 0. The fourth-order valence-electron chi connectivity index (χ4n) is 2.68. The van der Waals surface area contributed by atoms with Crippen molar-refractivity contribution in [1.29, 1.82) is 0 Å². The number of fused-ring (bicyclic) bond motifs is 1. The minimum absolute atomic E-state index is 0.183. The summed E-state index contributed by atoms with van der Waals surface area (Å²) >= 11 is 3.49. The van der Waals surface area contributed by atoms with Crippen molar-refractivity contribution in [3.8, 4) is 0 Å². The lowest BCUT2D eigenvalue weighted by Crippen LogP contribution is -2.27. The van der Waals surface area contributed by atoms with E-state index in [2.05, 4.69) is 31.5 Å². The van der Waals surface area contributed by atoms with Gasteiger partial charge in [0, 0.05) is 4.47 Å². The third kappa shape index (κ3) is 2.00. The van der Waals surface area contributed by atoms with E-state index in [0.29, 0.717) is 0 Å². The number of benzene rings is 1. The highest BCUT2D eigenvalue weighted by Gasteiger charge is 2.25. The molecule has 90 valence electrons. The predicted molar refractivity (Wildman–Crippen MR) is 70.9 cm³/mol. The molecule has 1 heterocycles. The van der Waals surface area contributed by atoms with Gasteiger partial charge in [0.15, 0.2) is 0 Å². The highest BCUT2D eigenvalue weighted by molar-refractivity contribution is 9.10. The van der Waals surface area contributed by atoms with Crippen LogP contribution in [0, 0.1) is 0 Å². The molecule has 1 saturated carbocycles. The van der Waals surface area contributed by atoms with Gasteiger partial charge in [0.2, 0.25) is 0 Å². The molecule has 0 bridgehead atoms. The highest BCUT2D eigenvalue weighted by Crippen LogP contribution is 2.31. The lowest BCUT2D eigenvalue weighted by atomic mass is 9.92. The van der Waals surface area contributed by atoms with Crippen LogP contribution in [0.4, 0.5) is 0 Å². The molecule has 3 rings (SSSR count). The minimum atomic E-state index is -0.236. The molecule has 4 heteroatoms. The summed E-state index contributed by atoms with van der Waals surface area (Å²) in [5, 5.41) is 10.1. The van der Waals surface area contributed by atoms with Crippen molar-refractivity contribution in [2.45, 2.75) is 37.8 Å². The third-order valence-corrected chi connectivity index (χ3v) is 4.08. The molecule has 1 aliphatic carbocycles. The largest absolute Gasteiger partial charge is 0.391 e. The van der Waals surface area contributed by atoms with E-state index in [-0.39, 0.29) is 12.1 Å². The van der Waals surface area contributed by atoms with Crippen LogP contribution >= 0.6 is 15.9 Å². The Morgan fingerprint density at radius 2 is 2.12 bits per heavy atom. The summed E-state index contributed by atoms with van der Waals surface area (Å²) in [6.45, 7) is 0. The SMILES string of the molecule is O[C@@H]1CCCC[C@H]1n1cnc2ccc(Br)cc21. The Balaban J connectivity index is 2.07. The highest BCUT2D eigenvalue weighted by atomic mass is 79.9. The quantitative estimate of drug-likeness (QED) is 0.876. The Bertz CT molecular complexity index is 537. The molecular formula is C13H15BrN2O. The molecule has 1 aromatic carbocycles. The van der Waals surface area contributed by atoms with E-state index < -0.39 is 0 Å². The van der Waals surface area contributed by atoms with Crippen molar-refractivity contribution in [2.24, 2.45) is 0 Å². The summed E-state index contributed by atoms with van der Waals surface area (Å²) in [6.07, 6.45) is 5.89. The number of aromatic nitrogens is 2. The van der Waals surface area contributed by atoms with Crippen molar-refractivity contribution >= 4 is 27.0 Å². The van der Waals surface area contributed by atoms with E-state index >= 15 is 0 Å². The van der Waals surface area contributed by atoms with Crippen LogP contribution in [0.2, 0.25) is 0 Å². The number of halogens is 1. The van der Waals surface area contributed by atoms with Crippen LogP contribution in [-0.4, -0.2) is 20.8 Å². The fraction of sp³-hybridized carbons (Fsp3) is 0.462. The van der Waals surface area contributed by atoms with Gasteiger partial charge < -0.3 is 9.67 Å². The van der Waals surface area contributed by atoms with Crippen LogP contribution in [-0.2, 0) is 0 Å². The number of aliphatic hydroxyl groups is 1. The topological polar surface area (TPSA) is 38.0 Å². The Kier molecular flexibility index (Phi) is 2.92. The van der Waals surface area contributed by atoms with Crippen LogP contribution in [0.3, 0.4) is 0 Å². The normalized spacial score (nSPS) is 25.3. The molecule has 0 unspecified atom stereocenters. The van der Waals surface area contributed by atoms with E-state index in [4.69, 9.17) is 0 Å². The lowest BCUT2D eigenvalue weighted by Gasteiger charge is -2.29. The number of imidazole rings is 1. The van der Waals surface area contributed by atoms with Gasteiger partial charge in [0.05, 0.1) is 29.5 Å². The second-order valence-electron chi connectivity index (χ2n) is 4.70. The molecule has 3 nitrogen and oxygen atoms in total. The second-order valence-corrected chi connectivity index (χ2v) is 5.62. The maximum absolute atomic E-state index is 10.1. The Morgan fingerprint density at radius 1 is 1.29 bits per heavy atom. The van der Waals surface area contributed by atoms with Gasteiger partial charge in [-0.25, -0.2) is 4.98 Å². The molecule has 0 spiro atoms. The van der Waals surface area contributed by atoms with Crippen molar-refractivity contribution in [2.75, 3.05) is 0 Å². The molecule has 1 fully saturated rings. The third-order valence-electron chi connectivity index (χ3n) is 3.59. The maximum atomic E-state index is 10.1. The van der Waals surface area contributed by atoms with Crippen molar-refractivity contribution < 1.29 is 5.11 Å². The van der Waals surface area contributed by atoms with Crippen molar-refractivity contribution in [1.82, 2.24) is 9.55 Å². The predicted octanol–water partition coefficient (Wildman–Crippen LogP) is 3.27. The Hall–Kier alpha value is -0.870. The monoisotopic (exact) mass is 294 g/mol. The van der Waals surface area contributed by atoms with Gasteiger partial charge in [-0.15, -0.1) is 0 Å². The Labute approximate surface area is 109 Å². The van der Waals surface area contributed by atoms with Gasteiger partial charge in [-0.3, -0.25) is 0 Å². The molecule has 1 aromatic heterocycles. The van der Waals surface area contributed by atoms with Gasteiger partial charge in [-0.2, -0.15) is 0 Å². The van der Waals surface area contributed by atoms with Gasteiger partial charge in [-0.1, -0.05) is 28.8 Å². The average Bonchev–Trinajstić information content (AvgIpc) is 2.72. The van der Waals surface area contributed by atoms with Gasteiger partial charge in [0.25, 0.3) is 0 Å². The van der Waals surface area contributed by atoms with Crippen molar-refractivity contribution in [3.63, 3.8) is 0 Å². The number of hydrogen-bond acceptors (Lipinski definition) is 2. The van der Waals surface area contributed by atoms with Crippen LogP contribution in [0.15, 0.2) is 29.0 Å². The molecular weight excluding hydrogens is 280 g/mol. The summed E-state index contributed by atoms with van der Waals surface area (Å²) in [5.74, 6) is 0. The smallest absolute Gasteiger partial charge is 0.0961 e. The molecule has 2 aromatic rings. The maximum Gasteiger partial charge on any atom is 0.0961 e. The molecule has 0 aliphatic heterocycles. The van der Waals surface area contributed by atoms with E-state index in [0.717, 1.165) is 34.8 Å². The first-order valence-electron chi connectivity index (χ1n) is 6.06. The van der Waals surface area contributed by atoms with Gasteiger partial charge >= 0.3 is 0 Å². The minimum Gasteiger partial charge on any atom is -0.391 e. The zero-order chi connectivity index (χ0) is 11.8. The summed E-state index contributed by atoms with van der Waals surface area (Å²) in [5.41, 5.74) is 2.09. The average molecular weight is 295 g/mol. The van der Waals surface area contributed by atoms with Gasteiger partial charge in [0.1, 0.15) is 0 Å². The summed E-state index contributed by atoms with van der Waals surface area (Å²) in [6, 6.07) is 6.26. The zero-order valence-electron chi connectivity index (χ0n) is 9.51. The second kappa shape index (κ2) is 4.42.